The molecule has 11 atom stereocenters. The van der Waals surface area contributed by atoms with E-state index in [-0.39, 0.29) is 52.0 Å². The van der Waals surface area contributed by atoms with Crippen LogP contribution in [-0.4, -0.2) is 47.1 Å². The second-order valence-electron chi connectivity index (χ2n) is 13.7. The number of carbonyl (C=O) groups excluding carboxylic acids is 2. The molecule has 0 aromatic carbocycles. The molecule has 1 saturated heterocycles. The van der Waals surface area contributed by atoms with Crippen LogP contribution in [0.2, 0.25) is 0 Å². The second-order valence-corrected chi connectivity index (χ2v) is 13.7. The molecule has 6 nitrogen and oxygen atoms in total. The number of carbonyl (C=O) groups is 2. The summed E-state index contributed by atoms with van der Waals surface area (Å²) < 4.78 is 11.4. The van der Waals surface area contributed by atoms with Gasteiger partial charge in [-0.15, -0.1) is 0 Å². The molecule has 6 heteroatoms. The molecule has 5 fully saturated rings. The summed E-state index contributed by atoms with van der Waals surface area (Å²) in [6.07, 6.45) is 4.91. The average Bonchev–Trinajstić information content (AvgIpc) is 3.05. The highest BCUT2D eigenvalue weighted by molar-refractivity contribution is 5.77. The largest absolute Gasteiger partial charge is 0.465 e. The highest BCUT2D eigenvalue weighted by Crippen LogP contribution is 2.74. The van der Waals surface area contributed by atoms with Crippen molar-refractivity contribution < 1.29 is 29.3 Å². The molecular formula is C28H44O6. The van der Waals surface area contributed by atoms with Gasteiger partial charge in [-0.3, -0.25) is 9.59 Å². The first kappa shape index (κ1) is 24.5. The fourth-order valence-corrected chi connectivity index (χ4v) is 10.5. The van der Waals surface area contributed by atoms with Crippen molar-refractivity contribution in [1.29, 1.82) is 0 Å². The van der Waals surface area contributed by atoms with Crippen LogP contribution in [0.25, 0.3) is 0 Å². The molecule has 0 amide bonds. The van der Waals surface area contributed by atoms with Crippen LogP contribution in [-0.2, 0) is 19.1 Å². The summed E-state index contributed by atoms with van der Waals surface area (Å²) >= 11 is 0. The summed E-state index contributed by atoms with van der Waals surface area (Å²) in [4.78, 5) is 25.1. The normalized spacial score (nSPS) is 53.6. The topological polar surface area (TPSA) is 93.1 Å². The Hall–Kier alpha value is -1.14. The first-order valence-electron chi connectivity index (χ1n) is 13.5. The van der Waals surface area contributed by atoms with Crippen LogP contribution in [0.15, 0.2) is 0 Å². The van der Waals surface area contributed by atoms with E-state index in [0.717, 1.165) is 25.7 Å². The number of aliphatic hydroxyl groups is 2. The number of ether oxygens (including phenoxy) is 2. The summed E-state index contributed by atoms with van der Waals surface area (Å²) in [7, 11) is 0. The van der Waals surface area contributed by atoms with Crippen LogP contribution < -0.4 is 0 Å². The zero-order valence-corrected chi connectivity index (χ0v) is 21.8. The molecule has 2 N–H and O–H groups in total. The molecule has 0 radical (unpaired) electrons. The first-order chi connectivity index (χ1) is 15.8. The van der Waals surface area contributed by atoms with Crippen LogP contribution in [0, 0.1) is 51.2 Å². The van der Waals surface area contributed by atoms with Crippen molar-refractivity contribution in [2.75, 3.05) is 6.61 Å². The van der Waals surface area contributed by atoms with Gasteiger partial charge in [0.1, 0.15) is 6.10 Å². The van der Waals surface area contributed by atoms with Gasteiger partial charge in [0.25, 0.3) is 0 Å². The van der Waals surface area contributed by atoms with Gasteiger partial charge < -0.3 is 19.7 Å². The van der Waals surface area contributed by atoms with Crippen molar-refractivity contribution in [3.05, 3.63) is 0 Å². The number of rotatable bonds is 2. The molecule has 0 bridgehead atoms. The van der Waals surface area contributed by atoms with Crippen LogP contribution in [0.1, 0.15) is 86.5 Å². The highest BCUT2D eigenvalue weighted by Gasteiger charge is 2.73. The molecule has 4 unspecified atom stereocenters. The Morgan fingerprint density at radius 1 is 1.06 bits per heavy atom. The summed E-state index contributed by atoms with van der Waals surface area (Å²) in [6.45, 7) is 12.9. The standard InChI is InChI=1S/C28H44O6/c1-15-22-17(30)12-19-26(5)11-8-18-25(3,4)9-7-10-28(18,14-33-16(2)29)20(26)13-21(31)27(19,6)23(22)24(32)34-15/h15,17-23,30-31H,7-14H2,1-6H3/t15?,17-,18?,19?,20?,21+,22+,23+,26-,27+,28+/m0/s1. The lowest BCUT2D eigenvalue weighted by Gasteiger charge is -2.71. The number of esters is 2. The predicted octanol–water partition coefficient (Wildman–Crippen LogP) is 4.11. The monoisotopic (exact) mass is 476 g/mol. The molecular weight excluding hydrogens is 432 g/mol. The van der Waals surface area contributed by atoms with E-state index in [1.165, 1.54) is 13.3 Å². The van der Waals surface area contributed by atoms with E-state index in [0.29, 0.717) is 25.4 Å². The molecule has 192 valence electrons. The second kappa shape index (κ2) is 7.68. The molecule has 34 heavy (non-hydrogen) atoms. The van der Waals surface area contributed by atoms with Gasteiger partial charge in [-0.05, 0) is 74.0 Å². The van der Waals surface area contributed by atoms with Crippen LogP contribution in [0.3, 0.4) is 0 Å². The maximum absolute atomic E-state index is 13.1. The Labute approximate surface area is 204 Å². The molecule has 1 heterocycles. The van der Waals surface area contributed by atoms with Gasteiger partial charge in [-0.2, -0.15) is 0 Å². The molecule has 0 spiro atoms. The summed E-state index contributed by atoms with van der Waals surface area (Å²) in [5.74, 6) is -0.652. The van der Waals surface area contributed by atoms with Gasteiger partial charge in [0.15, 0.2) is 0 Å². The number of aliphatic hydroxyl groups excluding tert-OH is 2. The molecule has 4 saturated carbocycles. The third-order valence-electron chi connectivity index (χ3n) is 11.9. The molecule has 4 aliphatic carbocycles. The molecule has 0 aromatic heterocycles. The Kier molecular flexibility index (Phi) is 5.54. The fraction of sp³-hybridized carbons (Fsp3) is 0.929. The summed E-state index contributed by atoms with van der Waals surface area (Å²) in [5.41, 5.74) is -0.825. The predicted molar refractivity (Wildman–Crippen MR) is 126 cm³/mol. The van der Waals surface area contributed by atoms with Crippen LogP contribution in [0.5, 0.6) is 0 Å². The Morgan fingerprint density at radius 3 is 2.44 bits per heavy atom. The summed E-state index contributed by atoms with van der Waals surface area (Å²) in [5, 5.41) is 23.2. The summed E-state index contributed by atoms with van der Waals surface area (Å²) in [6, 6.07) is 0. The highest BCUT2D eigenvalue weighted by atomic mass is 16.6. The Bertz CT molecular complexity index is 869. The van der Waals surface area contributed by atoms with Crippen LogP contribution in [0.4, 0.5) is 0 Å². The zero-order chi connectivity index (χ0) is 24.8. The Morgan fingerprint density at radius 2 is 1.76 bits per heavy atom. The third-order valence-corrected chi connectivity index (χ3v) is 11.9. The number of hydrogen-bond acceptors (Lipinski definition) is 6. The van der Waals surface area contributed by atoms with Gasteiger partial charge >= 0.3 is 11.9 Å². The first-order valence-corrected chi connectivity index (χ1v) is 13.5. The molecule has 0 aromatic rings. The lowest BCUT2D eigenvalue weighted by atomic mass is 9.33. The number of hydrogen-bond donors (Lipinski definition) is 2. The van der Waals surface area contributed by atoms with Crippen molar-refractivity contribution in [3.8, 4) is 0 Å². The number of cyclic esters (lactones) is 1. The van der Waals surface area contributed by atoms with Crippen molar-refractivity contribution in [3.63, 3.8) is 0 Å². The van der Waals surface area contributed by atoms with Gasteiger partial charge in [-0.1, -0.05) is 34.1 Å². The molecule has 5 rings (SSSR count). The third kappa shape index (κ3) is 3.06. The number of fused-ring (bicyclic) bond motifs is 7. The smallest absolute Gasteiger partial charge is 0.310 e. The van der Waals surface area contributed by atoms with Crippen molar-refractivity contribution in [1.82, 2.24) is 0 Å². The van der Waals surface area contributed by atoms with Gasteiger partial charge in [-0.25, -0.2) is 0 Å². The fourth-order valence-electron chi connectivity index (χ4n) is 10.5. The van der Waals surface area contributed by atoms with E-state index in [1.807, 2.05) is 6.92 Å². The van der Waals surface area contributed by atoms with Crippen molar-refractivity contribution in [2.45, 2.75) is 105 Å². The van der Waals surface area contributed by atoms with E-state index in [2.05, 4.69) is 27.7 Å². The van der Waals surface area contributed by atoms with E-state index in [1.54, 1.807) is 0 Å². The Balaban J connectivity index is 1.61. The molecule has 5 aliphatic rings. The quantitative estimate of drug-likeness (QED) is 0.583. The van der Waals surface area contributed by atoms with E-state index >= 15 is 0 Å². The maximum atomic E-state index is 13.1. The minimum atomic E-state index is -0.661. The zero-order valence-electron chi connectivity index (χ0n) is 21.8. The van der Waals surface area contributed by atoms with Gasteiger partial charge in [0.2, 0.25) is 0 Å². The van der Waals surface area contributed by atoms with Crippen LogP contribution >= 0.6 is 0 Å². The maximum Gasteiger partial charge on any atom is 0.310 e. The van der Waals surface area contributed by atoms with E-state index in [9.17, 15) is 19.8 Å². The van der Waals surface area contributed by atoms with Gasteiger partial charge in [0.05, 0.1) is 24.7 Å². The minimum absolute atomic E-state index is 0.00282. The van der Waals surface area contributed by atoms with Crippen molar-refractivity contribution in [2.24, 2.45) is 51.2 Å². The minimum Gasteiger partial charge on any atom is -0.465 e. The SMILES string of the molecule is CC(=O)OC[C@]12CCCC(C)(C)C1CC[C@]1(C)C2C[C@@H](O)[C@@]2(C)C1C[C@H](O)[C@H]1C(C)OC(=O)[C@@H]12. The lowest BCUT2D eigenvalue weighted by Crippen LogP contribution is -2.70. The molecule has 1 aliphatic heterocycles. The van der Waals surface area contributed by atoms with Crippen molar-refractivity contribution >= 4 is 11.9 Å². The van der Waals surface area contributed by atoms with Gasteiger partial charge in [0, 0.05) is 23.7 Å². The van der Waals surface area contributed by atoms with E-state index in [4.69, 9.17) is 9.47 Å². The van der Waals surface area contributed by atoms with E-state index < -0.39 is 23.5 Å². The lowest BCUT2D eigenvalue weighted by molar-refractivity contribution is -0.268. The average molecular weight is 477 g/mol.